The third-order valence-electron chi connectivity index (χ3n) is 3.72. The summed E-state index contributed by atoms with van der Waals surface area (Å²) in [5.74, 6) is 0.925. The molecule has 98 valence electrons. The molecule has 2 atom stereocenters. The first kappa shape index (κ1) is 13.4. The first-order chi connectivity index (χ1) is 8.60. The minimum absolute atomic E-state index is 0.358. The van der Waals surface area contributed by atoms with Gasteiger partial charge in [-0.15, -0.1) is 10.2 Å². The summed E-state index contributed by atoms with van der Waals surface area (Å²) in [6.07, 6.45) is 4.04. The highest BCUT2D eigenvalue weighted by atomic mass is 32.2. The van der Waals surface area contributed by atoms with Gasteiger partial charge in [0.1, 0.15) is 11.4 Å². The summed E-state index contributed by atoms with van der Waals surface area (Å²) in [4.78, 5) is 0. The SMILES string of the molecule is CNC1(C#N)CCCC(Sc2nnc(C)n2C)C1. The molecular formula is C12H19N5S. The molecule has 1 N–H and O–H groups in total. The smallest absolute Gasteiger partial charge is 0.191 e. The molecule has 1 fully saturated rings. The van der Waals surface area contributed by atoms with Crippen LogP contribution >= 0.6 is 11.8 Å². The molecule has 0 spiro atoms. The van der Waals surface area contributed by atoms with E-state index < -0.39 is 0 Å². The summed E-state index contributed by atoms with van der Waals surface area (Å²) in [7, 11) is 3.86. The van der Waals surface area contributed by atoms with Gasteiger partial charge in [0, 0.05) is 12.3 Å². The lowest BCUT2D eigenvalue weighted by Crippen LogP contribution is -2.46. The van der Waals surface area contributed by atoms with Gasteiger partial charge in [-0.2, -0.15) is 5.26 Å². The average Bonchev–Trinajstić information content (AvgIpc) is 2.71. The van der Waals surface area contributed by atoms with Gasteiger partial charge in [0.25, 0.3) is 0 Å². The van der Waals surface area contributed by atoms with E-state index in [1.807, 2.05) is 25.6 Å². The van der Waals surface area contributed by atoms with Crippen molar-refractivity contribution in [3.05, 3.63) is 5.82 Å². The molecule has 1 aliphatic rings. The molecule has 18 heavy (non-hydrogen) atoms. The minimum Gasteiger partial charge on any atom is -0.309 e. The molecule has 0 aliphatic heterocycles. The van der Waals surface area contributed by atoms with E-state index in [-0.39, 0.29) is 5.54 Å². The van der Waals surface area contributed by atoms with E-state index in [2.05, 4.69) is 21.6 Å². The fourth-order valence-corrected chi connectivity index (χ4v) is 3.68. The highest BCUT2D eigenvalue weighted by Gasteiger charge is 2.36. The van der Waals surface area contributed by atoms with Gasteiger partial charge in [0.2, 0.25) is 0 Å². The van der Waals surface area contributed by atoms with Gasteiger partial charge in [0.05, 0.1) is 6.07 Å². The van der Waals surface area contributed by atoms with Crippen LogP contribution in [-0.2, 0) is 7.05 Å². The van der Waals surface area contributed by atoms with Crippen LogP contribution in [0.3, 0.4) is 0 Å². The number of aryl methyl sites for hydroxylation is 1. The van der Waals surface area contributed by atoms with Gasteiger partial charge in [-0.25, -0.2) is 0 Å². The Bertz CT molecular complexity index is 464. The Morgan fingerprint density at radius 3 is 2.89 bits per heavy atom. The van der Waals surface area contributed by atoms with Gasteiger partial charge in [-0.3, -0.25) is 0 Å². The van der Waals surface area contributed by atoms with Crippen molar-refractivity contribution in [2.24, 2.45) is 7.05 Å². The zero-order chi connectivity index (χ0) is 13.2. The molecule has 1 aromatic rings. The number of hydrogen-bond donors (Lipinski definition) is 1. The van der Waals surface area contributed by atoms with E-state index in [9.17, 15) is 5.26 Å². The van der Waals surface area contributed by atoms with Crippen LogP contribution in [0.1, 0.15) is 31.5 Å². The molecule has 0 saturated heterocycles. The Balaban J connectivity index is 2.07. The monoisotopic (exact) mass is 265 g/mol. The van der Waals surface area contributed by atoms with Crippen molar-refractivity contribution in [1.29, 1.82) is 5.26 Å². The normalized spacial score (nSPS) is 28.0. The average molecular weight is 265 g/mol. The largest absolute Gasteiger partial charge is 0.309 e. The molecule has 0 amide bonds. The van der Waals surface area contributed by atoms with Gasteiger partial charge in [-0.05, 0) is 39.7 Å². The summed E-state index contributed by atoms with van der Waals surface area (Å²) >= 11 is 1.74. The van der Waals surface area contributed by atoms with Gasteiger partial charge >= 0.3 is 0 Å². The van der Waals surface area contributed by atoms with Crippen LogP contribution in [0, 0.1) is 18.3 Å². The van der Waals surface area contributed by atoms with E-state index in [0.717, 1.165) is 36.7 Å². The molecular weight excluding hydrogens is 246 g/mol. The van der Waals surface area contributed by atoms with Crippen LogP contribution < -0.4 is 5.32 Å². The number of nitrogens with zero attached hydrogens (tertiary/aromatic N) is 4. The Morgan fingerprint density at radius 2 is 2.33 bits per heavy atom. The van der Waals surface area contributed by atoms with Crippen LogP contribution in [-0.4, -0.2) is 32.6 Å². The Labute approximate surface area is 112 Å². The highest BCUT2D eigenvalue weighted by Crippen LogP contribution is 2.37. The van der Waals surface area contributed by atoms with Gasteiger partial charge in [0.15, 0.2) is 5.16 Å². The Morgan fingerprint density at radius 1 is 1.56 bits per heavy atom. The minimum atomic E-state index is -0.358. The third kappa shape index (κ3) is 2.52. The second kappa shape index (κ2) is 5.29. The van der Waals surface area contributed by atoms with E-state index in [0.29, 0.717) is 5.25 Å². The molecule has 0 aromatic carbocycles. The number of hydrogen-bond acceptors (Lipinski definition) is 5. The molecule has 6 heteroatoms. The maximum Gasteiger partial charge on any atom is 0.191 e. The number of thioether (sulfide) groups is 1. The highest BCUT2D eigenvalue weighted by molar-refractivity contribution is 7.99. The Hall–Kier alpha value is -1.06. The standard InChI is InChI=1S/C12H19N5S/c1-9-15-16-11(17(9)3)18-10-5-4-6-12(7-10,8-13)14-2/h10,14H,4-7H2,1-3H3. The van der Waals surface area contributed by atoms with Gasteiger partial charge < -0.3 is 9.88 Å². The maximum absolute atomic E-state index is 9.33. The number of aromatic nitrogens is 3. The predicted octanol–water partition coefficient (Wildman–Crippen LogP) is 1.64. The van der Waals surface area contributed by atoms with Crippen molar-refractivity contribution in [1.82, 2.24) is 20.1 Å². The van der Waals surface area contributed by atoms with Gasteiger partial charge in [-0.1, -0.05) is 11.8 Å². The molecule has 1 saturated carbocycles. The molecule has 5 nitrogen and oxygen atoms in total. The van der Waals surface area contributed by atoms with E-state index in [1.54, 1.807) is 11.8 Å². The van der Waals surface area contributed by atoms with Crippen LogP contribution in [0.15, 0.2) is 5.16 Å². The zero-order valence-corrected chi connectivity index (χ0v) is 11.9. The quantitative estimate of drug-likeness (QED) is 0.900. The third-order valence-corrected chi connectivity index (χ3v) is 5.03. The van der Waals surface area contributed by atoms with Crippen LogP contribution in [0.25, 0.3) is 0 Å². The predicted molar refractivity (Wildman–Crippen MR) is 71.3 cm³/mol. The topological polar surface area (TPSA) is 66.5 Å². The number of nitriles is 1. The first-order valence-corrected chi connectivity index (χ1v) is 7.11. The lowest BCUT2D eigenvalue weighted by Gasteiger charge is -2.34. The summed E-state index contributed by atoms with van der Waals surface area (Å²) in [6.45, 7) is 1.95. The fraction of sp³-hybridized carbons (Fsp3) is 0.750. The van der Waals surface area contributed by atoms with Crippen molar-refractivity contribution in [2.75, 3.05) is 7.05 Å². The van der Waals surface area contributed by atoms with E-state index in [4.69, 9.17) is 0 Å². The van der Waals surface area contributed by atoms with Crippen LogP contribution in [0.2, 0.25) is 0 Å². The molecule has 2 rings (SSSR count). The van der Waals surface area contributed by atoms with Crippen molar-refractivity contribution in [2.45, 2.75) is 48.6 Å². The van der Waals surface area contributed by atoms with E-state index in [1.165, 1.54) is 0 Å². The molecule has 1 heterocycles. The number of rotatable bonds is 3. The van der Waals surface area contributed by atoms with Crippen molar-refractivity contribution in [3.63, 3.8) is 0 Å². The lowest BCUT2D eigenvalue weighted by atomic mass is 9.83. The summed E-state index contributed by atoms with van der Waals surface area (Å²) in [5, 5.41) is 22.2. The fourth-order valence-electron chi connectivity index (χ4n) is 2.35. The molecule has 0 bridgehead atoms. The summed E-state index contributed by atoms with van der Waals surface area (Å²) in [5.41, 5.74) is -0.358. The molecule has 0 radical (unpaired) electrons. The van der Waals surface area contributed by atoms with Crippen LogP contribution in [0.5, 0.6) is 0 Å². The molecule has 1 aliphatic carbocycles. The maximum atomic E-state index is 9.33. The Kier molecular flexibility index (Phi) is 3.93. The summed E-state index contributed by atoms with van der Waals surface area (Å²) in [6, 6.07) is 2.44. The first-order valence-electron chi connectivity index (χ1n) is 6.23. The number of nitrogens with one attached hydrogen (secondary N) is 1. The van der Waals surface area contributed by atoms with Crippen LogP contribution in [0.4, 0.5) is 0 Å². The molecule has 2 unspecified atom stereocenters. The molecule has 1 aromatic heterocycles. The second-order valence-corrected chi connectivity index (χ2v) is 6.14. The second-order valence-electron chi connectivity index (χ2n) is 4.87. The zero-order valence-electron chi connectivity index (χ0n) is 11.1. The van der Waals surface area contributed by atoms with E-state index >= 15 is 0 Å². The van der Waals surface area contributed by atoms with Crippen molar-refractivity contribution < 1.29 is 0 Å². The van der Waals surface area contributed by atoms with Crippen molar-refractivity contribution >= 4 is 11.8 Å². The summed E-state index contributed by atoms with van der Waals surface area (Å²) < 4.78 is 2.01. The lowest BCUT2D eigenvalue weighted by molar-refractivity contribution is 0.323. The van der Waals surface area contributed by atoms with Crippen molar-refractivity contribution in [3.8, 4) is 6.07 Å².